The number of hydrogen-bond acceptors (Lipinski definition) is 7. The van der Waals surface area contributed by atoms with Crippen LogP contribution in [0, 0.1) is 5.41 Å². The van der Waals surface area contributed by atoms with Crippen LogP contribution < -0.4 is 14.2 Å². The van der Waals surface area contributed by atoms with Crippen molar-refractivity contribution in [2.45, 2.75) is 26.4 Å². The average Bonchev–Trinajstić information content (AvgIpc) is 3.35. The zero-order valence-corrected chi connectivity index (χ0v) is 20.2. The van der Waals surface area contributed by atoms with Crippen LogP contribution in [0.4, 0.5) is 0 Å². The van der Waals surface area contributed by atoms with Crippen LogP contribution in [0.1, 0.15) is 36.9 Å². The molecule has 2 aromatic heterocycles. The molecule has 0 saturated carbocycles. The molecule has 4 rings (SSSR count). The van der Waals surface area contributed by atoms with E-state index in [1.165, 1.54) is 0 Å². The van der Waals surface area contributed by atoms with E-state index >= 15 is 0 Å². The number of benzene rings is 1. The Morgan fingerprint density at radius 2 is 1.82 bits per heavy atom. The minimum absolute atomic E-state index is 0.0765. The molecule has 7 nitrogen and oxygen atoms in total. The third-order valence-corrected chi connectivity index (χ3v) is 6.07. The van der Waals surface area contributed by atoms with Gasteiger partial charge in [-0.05, 0) is 48.0 Å². The van der Waals surface area contributed by atoms with Crippen LogP contribution in [0.2, 0.25) is 0 Å². The van der Waals surface area contributed by atoms with E-state index in [1.807, 2.05) is 62.4 Å². The molecule has 1 saturated heterocycles. The van der Waals surface area contributed by atoms with Gasteiger partial charge in [-0.2, -0.15) is 0 Å². The van der Waals surface area contributed by atoms with Crippen molar-refractivity contribution in [2.24, 2.45) is 5.41 Å². The molecule has 3 heterocycles. The number of likely N-dealkylation sites (tertiary alicyclic amines) is 1. The van der Waals surface area contributed by atoms with Crippen LogP contribution in [0.3, 0.4) is 0 Å². The zero-order valence-electron chi connectivity index (χ0n) is 20.2. The van der Waals surface area contributed by atoms with Gasteiger partial charge >= 0.3 is 0 Å². The van der Waals surface area contributed by atoms with Gasteiger partial charge < -0.3 is 18.6 Å². The Bertz CT molecular complexity index is 1140. The molecule has 0 bridgehead atoms. The van der Waals surface area contributed by atoms with Gasteiger partial charge in [0.2, 0.25) is 5.75 Å². The number of ketones is 1. The Kier molecular flexibility index (Phi) is 6.75. The number of furan rings is 1. The summed E-state index contributed by atoms with van der Waals surface area (Å²) >= 11 is 0. The molecular weight excluding hydrogens is 432 g/mol. The Morgan fingerprint density at radius 3 is 2.38 bits per heavy atom. The van der Waals surface area contributed by atoms with Gasteiger partial charge in [-0.15, -0.1) is 0 Å². The maximum atomic E-state index is 13.8. The molecule has 1 aromatic carbocycles. The molecule has 1 fully saturated rings. The summed E-state index contributed by atoms with van der Waals surface area (Å²) in [5, 5.41) is 0. The predicted molar refractivity (Wildman–Crippen MR) is 129 cm³/mol. The second kappa shape index (κ2) is 9.73. The molecule has 1 aliphatic heterocycles. The van der Waals surface area contributed by atoms with Crippen molar-refractivity contribution < 1.29 is 23.4 Å². The Hall–Kier alpha value is -3.58. The summed E-state index contributed by atoms with van der Waals surface area (Å²) in [5.41, 5.74) is 1.63. The highest BCUT2D eigenvalue weighted by atomic mass is 16.5. The molecule has 0 amide bonds. The maximum Gasteiger partial charge on any atom is 0.203 e. The van der Waals surface area contributed by atoms with Crippen molar-refractivity contribution in [3.05, 3.63) is 77.5 Å². The number of Topliss-reactive ketones (excluding diaryl/α,β-unsaturated/α-hetero) is 1. The van der Waals surface area contributed by atoms with Crippen molar-refractivity contribution in [3.63, 3.8) is 0 Å². The first-order chi connectivity index (χ1) is 16.4. The van der Waals surface area contributed by atoms with Crippen molar-refractivity contribution in [1.29, 1.82) is 0 Å². The molecule has 3 aromatic rings. The fraction of sp³-hybridized carbons (Fsp3) is 0.333. The second-order valence-electron chi connectivity index (χ2n) is 8.91. The van der Waals surface area contributed by atoms with E-state index in [9.17, 15) is 4.79 Å². The largest absolute Gasteiger partial charge is 0.493 e. The lowest BCUT2D eigenvalue weighted by Gasteiger charge is -2.44. The van der Waals surface area contributed by atoms with Crippen LogP contribution >= 0.6 is 0 Å². The normalized spacial score (nSPS) is 19.3. The van der Waals surface area contributed by atoms with Gasteiger partial charge in [0, 0.05) is 23.7 Å². The SMILES string of the molecule is COc1cc(C2/C(=C\c3ccccn3)C(=O)C(C)(C)CN2Cc2ccco2)cc(OC)c1OC. The number of carbonyl (C=O) groups is 1. The van der Waals surface area contributed by atoms with E-state index in [4.69, 9.17) is 18.6 Å². The van der Waals surface area contributed by atoms with Gasteiger partial charge in [0.25, 0.3) is 0 Å². The van der Waals surface area contributed by atoms with Crippen molar-refractivity contribution in [2.75, 3.05) is 27.9 Å². The number of rotatable bonds is 7. The van der Waals surface area contributed by atoms with Crippen LogP contribution in [-0.2, 0) is 11.3 Å². The lowest BCUT2D eigenvalue weighted by Crippen LogP contribution is -2.49. The maximum absolute atomic E-state index is 13.8. The molecule has 0 spiro atoms. The highest BCUT2D eigenvalue weighted by Crippen LogP contribution is 2.47. The van der Waals surface area contributed by atoms with E-state index < -0.39 is 5.41 Å². The number of aromatic nitrogens is 1. The minimum atomic E-state index is -0.593. The summed E-state index contributed by atoms with van der Waals surface area (Å²) in [6.45, 7) is 5.03. The monoisotopic (exact) mass is 462 g/mol. The van der Waals surface area contributed by atoms with Crippen molar-refractivity contribution in [1.82, 2.24) is 9.88 Å². The number of carbonyl (C=O) groups excluding carboxylic acids is 1. The minimum Gasteiger partial charge on any atom is -0.493 e. The smallest absolute Gasteiger partial charge is 0.203 e. The van der Waals surface area contributed by atoms with Crippen LogP contribution in [0.25, 0.3) is 6.08 Å². The topological polar surface area (TPSA) is 74.0 Å². The summed E-state index contributed by atoms with van der Waals surface area (Å²) in [7, 11) is 4.74. The van der Waals surface area contributed by atoms with Crippen molar-refractivity contribution >= 4 is 11.9 Å². The number of hydrogen-bond donors (Lipinski definition) is 0. The summed E-state index contributed by atoms with van der Waals surface area (Å²) in [5.74, 6) is 2.46. The molecular formula is C27H30N2O5. The highest BCUT2D eigenvalue weighted by molar-refractivity contribution is 6.05. The first-order valence-electron chi connectivity index (χ1n) is 11.1. The molecule has 0 radical (unpaired) electrons. The van der Waals surface area contributed by atoms with Gasteiger partial charge in [-0.3, -0.25) is 14.7 Å². The number of nitrogens with zero attached hydrogens (tertiary/aromatic N) is 2. The Labute approximate surface area is 200 Å². The predicted octanol–water partition coefficient (Wildman–Crippen LogP) is 4.94. The summed E-state index contributed by atoms with van der Waals surface area (Å²) in [6.07, 6.45) is 5.26. The van der Waals surface area contributed by atoms with Gasteiger partial charge in [0.05, 0.1) is 45.9 Å². The van der Waals surface area contributed by atoms with E-state index in [1.54, 1.807) is 33.8 Å². The third kappa shape index (κ3) is 4.56. The van der Waals surface area contributed by atoms with Crippen LogP contribution in [-0.4, -0.2) is 43.5 Å². The summed E-state index contributed by atoms with van der Waals surface area (Å²) in [4.78, 5) is 20.5. The molecule has 0 aliphatic carbocycles. The number of methoxy groups -OCH3 is 3. The van der Waals surface area contributed by atoms with Crippen LogP contribution in [0.15, 0.2) is 64.9 Å². The summed E-state index contributed by atoms with van der Waals surface area (Å²) < 4.78 is 22.4. The Morgan fingerprint density at radius 1 is 1.09 bits per heavy atom. The molecule has 0 N–H and O–H groups in total. The molecule has 34 heavy (non-hydrogen) atoms. The van der Waals surface area contributed by atoms with Crippen LogP contribution in [0.5, 0.6) is 17.2 Å². The number of piperidine rings is 1. The molecule has 1 unspecified atom stereocenters. The lowest BCUT2D eigenvalue weighted by molar-refractivity contribution is -0.128. The van der Waals surface area contributed by atoms with E-state index in [2.05, 4.69) is 9.88 Å². The van der Waals surface area contributed by atoms with E-state index in [0.29, 0.717) is 35.9 Å². The standard InChI is InChI=1S/C27H30N2O5/c1-27(2)17-29(16-20-10-8-12-34-20)24(21(26(27)30)15-19-9-6-7-11-28-19)18-13-22(31-3)25(33-5)23(14-18)32-4/h6-15,24H,16-17H2,1-5H3/b21-15+. The zero-order chi connectivity index (χ0) is 24.3. The van der Waals surface area contributed by atoms with Gasteiger partial charge in [0.15, 0.2) is 17.3 Å². The second-order valence-corrected chi connectivity index (χ2v) is 8.91. The number of pyridine rings is 1. The van der Waals surface area contributed by atoms with Crippen molar-refractivity contribution in [3.8, 4) is 17.2 Å². The fourth-order valence-electron chi connectivity index (χ4n) is 4.55. The first kappa shape index (κ1) is 23.6. The van der Waals surface area contributed by atoms with E-state index in [-0.39, 0.29) is 11.8 Å². The molecule has 1 aliphatic rings. The molecule has 7 heteroatoms. The van der Waals surface area contributed by atoms with Gasteiger partial charge in [0.1, 0.15) is 5.76 Å². The number of ether oxygens (including phenoxy) is 3. The Balaban J connectivity index is 1.92. The van der Waals surface area contributed by atoms with Gasteiger partial charge in [-0.25, -0.2) is 0 Å². The lowest BCUT2D eigenvalue weighted by atomic mass is 9.74. The summed E-state index contributed by atoms with van der Waals surface area (Å²) in [6, 6.07) is 12.9. The van der Waals surface area contributed by atoms with Gasteiger partial charge in [-0.1, -0.05) is 19.9 Å². The third-order valence-electron chi connectivity index (χ3n) is 6.07. The molecule has 1 atom stereocenters. The van der Waals surface area contributed by atoms with E-state index in [0.717, 1.165) is 17.0 Å². The fourth-order valence-corrected chi connectivity index (χ4v) is 4.55. The first-order valence-corrected chi connectivity index (χ1v) is 11.1. The average molecular weight is 463 g/mol. The quantitative estimate of drug-likeness (QED) is 0.461. The molecule has 178 valence electrons. The highest BCUT2D eigenvalue weighted by Gasteiger charge is 2.44.